The highest BCUT2D eigenvalue weighted by molar-refractivity contribution is 5.89. The second-order valence-electron chi connectivity index (χ2n) is 4.17. The van der Waals surface area contributed by atoms with E-state index in [1.165, 1.54) is 6.33 Å². The van der Waals surface area contributed by atoms with E-state index in [2.05, 4.69) is 15.3 Å². The lowest BCUT2D eigenvalue weighted by atomic mass is 10.1. The minimum Gasteiger partial charge on any atom is -0.481 e. The van der Waals surface area contributed by atoms with Gasteiger partial charge in [-0.05, 0) is 25.5 Å². The molecule has 0 bridgehead atoms. The second-order valence-corrected chi connectivity index (χ2v) is 4.17. The van der Waals surface area contributed by atoms with Gasteiger partial charge >= 0.3 is 5.97 Å². The molecule has 0 aliphatic heterocycles. The maximum Gasteiger partial charge on any atom is 0.303 e. The van der Waals surface area contributed by atoms with Crippen LogP contribution in [0.1, 0.15) is 18.4 Å². The number of anilines is 1. The maximum atomic E-state index is 10.4. The standard InChI is InChI=1S/C13H15N3O2/c1-9-4-5-11-10(7-9)13(16-8-15-11)14-6-2-3-12(17)18/h4-5,7-8H,2-3,6H2,1H3,(H,17,18)(H,14,15,16). The first-order valence-electron chi connectivity index (χ1n) is 5.84. The van der Waals surface area contributed by atoms with Gasteiger partial charge in [-0.2, -0.15) is 0 Å². The molecule has 1 heterocycles. The summed E-state index contributed by atoms with van der Waals surface area (Å²) in [7, 11) is 0. The lowest BCUT2D eigenvalue weighted by molar-refractivity contribution is -0.137. The van der Waals surface area contributed by atoms with Crippen LogP contribution >= 0.6 is 0 Å². The van der Waals surface area contributed by atoms with Gasteiger partial charge in [-0.1, -0.05) is 11.6 Å². The predicted molar refractivity (Wildman–Crippen MR) is 69.6 cm³/mol. The molecule has 5 nitrogen and oxygen atoms in total. The Balaban J connectivity index is 2.12. The van der Waals surface area contributed by atoms with Crippen molar-refractivity contribution in [3.8, 4) is 0 Å². The fraction of sp³-hybridized carbons (Fsp3) is 0.308. The van der Waals surface area contributed by atoms with Gasteiger partial charge in [0.25, 0.3) is 0 Å². The average molecular weight is 245 g/mol. The van der Waals surface area contributed by atoms with E-state index in [1.54, 1.807) is 0 Å². The van der Waals surface area contributed by atoms with Gasteiger partial charge in [0, 0.05) is 18.4 Å². The van der Waals surface area contributed by atoms with Crippen LogP contribution in [0.25, 0.3) is 10.9 Å². The van der Waals surface area contributed by atoms with Crippen molar-refractivity contribution >= 4 is 22.7 Å². The van der Waals surface area contributed by atoms with Crippen LogP contribution in [0.2, 0.25) is 0 Å². The normalized spacial score (nSPS) is 10.5. The highest BCUT2D eigenvalue weighted by Gasteiger charge is 2.03. The summed E-state index contributed by atoms with van der Waals surface area (Å²) in [5.74, 6) is -0.0192. The second kappa shape index (κ2) is 5.44. The molecule has 2 rings (SSSR count). The lowest BCUT2D eigenvalue weighted by Gasteiger charge is -2.08. The number of nitrogens with one attached hydrogen (secondary N) is 1. The van der Waals surface area contributed by atoms with Gasteiger partial charge in [-0.3, -0.25) is 4.79 Å². The first kappa shape index (κ1) is 12.3. The van der Waals surface area contributed by atoms with E-state index in [4.69, 9.17) is 5.11 Å². The number of aromatic nitrogens is 2. The molecule has 0 spiro atoms. The number of aryl methyl sites for hydroxylation is 1. The van der Waals surface area contributed by atoms with Crippen molar-refractivity contribution in [2.45, 2.75) is 19.8 Å². The summed E-state index contributed by atoms with van der Waals surface area (Å²) in [4.78, 5) is 18.8. The summed E-state index contributed by atoms with van der Waals surface area (Å²) < 4.78 is 0. The average Bonchev–Trinajstić information content (AvgIpc) is 2.34. The van der Waals surface area contributed by atoms with Gasteiger partial charge in [0.2, 0.25) is 0 Å². The molecule has 0 unspecified atom stereocenters. The fourth-order valence-corrected chi connectivity index (χ4v) is 1.76. The molecular formula is C13H15N3O2. The van der Waals surface area contributed by atoms with Gasteiger partial charge in [-0.25, -0.2) is 9.97 Å². The molecule has 2 N–H and O–H groups in total. The minimum absolute atomic E-state index is 0.162. The summed E-state index contributed by atoms with van der Waals surface area (Å²) in [5.41, 5.74) is 2.03. The maximum absolute atomic E-state index is 10.4. The van der Waals surface area contributed by atoms with Gasteiger partial charge in [0.15, 0.2) is 0 Å². The number of benzene rings is 1. The van der Waals surface area contributed by atoms with Crippen molar-refractivity contribution in [2.24, 2.45) is 0 Å². The summed E-state index contributed by atoms with van der Waals surface area (Å²) in [6.45, 7) is 2.60. The third-order valence-corrected chi connectivity index (χ3v) is 2.65. The molecule has 0 aliphatic rings. The Morgan fingerprint density at radius 3 is 3.00 bits per heavy atom. The first-order chi connectivity index (χ1) is 8.66. The Morgan fingerprint density at radius 1 is 1.39 bits per heavy atom. The van der Waals surface area contributed by atoms with Crippen molar-refractivity contribution in [3.05, 3.63) is 30.1 Å². The molecule has 1 aromatic carbocycles. The fourth-order valence-electron chi connectivity index (χ4n) is 1.76. The van der Waals surface area contributed by atoms with Crippen LogP contribution in [-0.2, 0) is 4.79 Å². The Bertz CT molecular complexity index is 569. The Hall–Kier alpha value is -2.17. The number of hydrogen-bond donors (Lipinski definition) is 2. The van der Waals surface area contributed by atoms with Crippen molar-refractivity contribution in [1.29, 1.82) is 0 Å². The van der Waals surface area contributed by atoms with E-state index >= 15 is 0 Å². The molecule has 1 aromatic heterocycles. The first-order valence-corrected chi connectivity index (χ1v) is 5.84. The Labute approximate surface area is 105 Å². The van der Waals surface area contributed by atoms with Crippen LogP contribution in [0, 0.1) is 6.92 Å². The van der Waals surface area contributed by atoms with E-state index in [9.17, 15) is 4.79 Å². The molecule has 0 saturated heterocycles. The predicted octanol–water partition coefficient (Wildman–Crippen LogP) is 2.21. The van der Waals surface area contributed by atoms with Crippen LogP contribution in [0.5, 0.6) is 0 Å². The van der Waals surface area contributed by atoms with Crippen LogP contribution in [0.15, 0.2) is 24.5 Å². The number of fused-ring (bicyclic) bond motifs is 1. The molecule has 94 valence electrons. The van der Waals surface area contributed by atoms with Crippen molar-refractivity contribution < 1.29 is 9.90 Å². The SMILES string of the molecule is Cc1ccc2ncnc(NCCCC(=O)O)c2c1. The third kappa shape index (κ3) is 2.94. The molecule has 0 atom stereocenters. The number of nitrogens with zero attached hydrogens (tertiary/aromatic N) is 2. The number of carboxylic acid groups (broad SMARTS) is 1. The van der Waals surface area contributed by atoms with Crippen LogP contribution in [-0.4, -0.2) is 27.6 Å². The largest absolute Gasteiger partial charge is 0.481 e. The van der Waals surface area contributed by atoms with Gasteiger partial charge in [0.1, 0.15) is 12.1 Å². The van der Waals surface area contributed by atoms with Crippen LogP contribution in [0.4, 0.5) is 5.82 Å². The number of aliphatic carboxylic acids is 1. The molecule has 0 saturated carbocycles. The highest BCUT2D eigenvalue weighted by Crippen LogP contribution is 2.20. The zero-order valence-electron chi connectivity index (χ0n) is 10.2. The number of carbonyl (C=O) groups is 1. The zero-order chi connectivity index (χ0) is 13.0. The molecular weight excluding hydrogens is 230 g/mol. The van der Waals surface area contributed by atoms with Crippen molar-refractivity contribution in [3.63, 3.8) is 0 Å². The molecule has 0 radical (unpaired) electrons. The summed E-state index contributed by atoms with van der Waals surface area (Å²) >= 11 is 0. The smallest absolute Gasteiger partial charge is 0.303 e. The van der Waals surface area contributed by atoms with E-state index < -0.39 is 5.97 Å². The molecule has 0 fully saturated rings. The van der Waals surface area contributed by atoms with Gasteiger partial charge < -0.3 is 10.4 Å². The Kier molecular flexibility index (Phi) is 3.72. The quantitative estimate of drug-likeness (QED) is 0.790. The van der Waals surface area contributed by atoms with Crippen molar-refractivity contribution in [1.82, 2.24) is 9.97 Å². The molecule has 18 heavy (non-hydrogen) atoms. The number of rotatable bonds is 5. The Morgan fingerprint density at radius 2 is 2.22 bits per heavy atom. The summed E-state index contributed by atoms with van der Waals surface area (Å²) in [6, 6.07) is 5.98. The molecule has 0 aliphatic carbocycles. The zero-order valence-corrected chi connectivity index (χ0v) is 10.2. The number of hydrogen-bond acceptors (Lipinski definition) is 4. The summed E-state index contributed by atoms with van der Waals surface area (Å²) in [5, 5.41) is 12.7. The van der Waals surface area contributed by atoms with Gasteiger partial charge in [-0.15, -0.1) is 0 Å². The monoisotopic (exact) mass is 245 g/mol. The minimum atomic E-state index is -0.778. The van der Waals surface area contributed by atoms with Gasteiger partial charge in [0.05, 0.1) is 5.52 Å². The van der Waals surface area contributed by atoms with E-state index in [0.717, 1.165) is 22.3 Å². The van der Waals surface area contributed by atoms with Crippen LogP contribution < -0.4 is 5.32 Å². The highest BCUT2D eigenvalue weighted by atomic mass is 16.4. The number of carboxylic acids is 1. The molecule has 0 amide bonds. The van der Waals surface area contributed by atoms with Crippen LogP contribution in [0.3, 0.4) is 0 Å². The molecule has 2 aromatic rings. The topological polar surface area (TPSA) is 75.1 Å². The van der Waals surface area contributed by atoms with E-state index in [1.807, 2.05) is 25.1 Å². The van der Waals surface area contributed by atoms with Crippen molar-refractivity contribution in [2.75, 3.05) is 11.9 Å². The molecule has 5 heteroatoms. The van der Waals surface area contributed by atoms with E-state index in [-0.39, 0.29) is 6.42 Å². The third-order valence-electron chi connectivity index (χ3n) is 2.65. The lowest BCUT2D eigenvalue weighted by Crippen LogP contribution is -2.06. The van der Waals surface area contributed by atoms with E-state index in [0.29, 0.717) is 13.0 Å². The summed E-state index contributed by atoms with van der Waals surface area (Å²) in [6.07, 6.45) is 2.25.